The first kappa shape index (κ1) is 56.5. The molecule has 354 valence electrons. The summed E-state index contributed by atoms with van der Waals surface area (Å²) in [5.41, 5.74) is 7.21. The Balaban J connectivity index is 3.21. The molecule has 0 spiro atoms. The molecule has 1 rings (SSSR count). The second kappa shape index (κ2) is 29.1. The summed E-state index contributed by atoms with van der Waals surface area (Å²) in [7, 11) is 0. The minimum atomic E-state index is -1.19. The molecule has 0 radical (unpaired) electrons. The number of amides is 7. The van der Waals surface area contributed by atoms with Crippen molar-refractivity contribution >= 4 is 82.6 Å². The van der Waals surface area contributed by atoms with Crippen molar-refractivity contribution in [3.63, 3.8) is 0 Å². The molecule has 0 bridgehead atoms. The summed E-state index contributed by atoms with van der Waals surface area (Å²) in [6.07, 6.45) is 8.12. The second-order valence-electron chi connectivity index (χ2n) is 16.7. The molecule has 7 amide bonds. The van der Waals surface area contributed by atoms with Gasteiger partial charge in [-0.1, -0.05) is 60.1 Å². The molecule has 8 atom stereocenters. The number of nitrogens with zero attached hydrogens (tertiary/aromatic N) is 1. The number of rotatable bonds is 28. The van der Waals surface area contributed by atoms with Crippen molar-refractivity contribution in [3.05, 3.63) is 11.6 Å². The second-order valence-corrected chi connectivity index (χ2v) is 19.7. The first-order valence-corrected chi connectivity index (χ1v) is 25.4. The molecule has 1 fully saturated rings. The summed E-state index contributed by atoms with van der Waals surface area (Å²) in [5, 5.41) is 25.8. The van der Waals surface area contributed by atoms with Gasteiger partial charge in [-0.05, 0) is 87.7 Å². The summed E-state index contributed by atoms with van der Waals surface area (Å²) in [5.74, 6) is -4.59. The molecule has 0 aromatic heterocycles. The predicted octanol–water partition coefficient (Wildman–Crippen LogP) is 1.88. The summed E-state index contributed by atoms with van der Waals surface area (Å²) < 4.78 is 0. The molecule has 1 heterocycles. The van der Waals surface area contributed by atoms with Crippen LogP contribution in [-0.4, -0.2) is 148 Å². The molecule has 1 aliphatic rings. The number of aliphatic carboxylic acids is 1. The first-order valence-electron chi connectivity index (χ1n) is 21.4. The van der Waals surface area contributed by atoms with Crippen LogP contribution in [0.2, 0.25) is 0 Å². The van der Waals surface area contributed by atoms with Crippen LogP contribution in [-0.2, 0) is 38.4 Å². The highest BCUT2D eigenvalue weighted by molar-refractivity contribution is 7.99. The number of likely N-dealkylation sites (tertiary alicyclic amines) is 1. The molecule has 0 unspecified atom stereocenters. The summed E-state index contributed by atoms with van der Waals surface area (Å²) in [4.78, 5) is 108. The van der Waals surface area contributed by atoms with Gasteiger partial charge in [-0.2, -0.15) is 35.3 Å². The van der Waals surface area contributed by atoms with Crippen molar-refractivity contribution in [3.8, 4) is 0 Å². The zero-order chi connectivity index (χ0) is 47.3. The molecular weight excluding hydrogens is 857 g/mol. The summed E-state index contributed by atoms with van der Waals surface area (Å²) in [6, 6.07) is -8.24. The van der Waals surface area contributed by atoms with Gasteiger partial charge in [0.1, 0.15) is 42.3 Å². The number of carbonyl (C=O) groups is 8. The molecule has 0 aromatic carbocycles. The van der Waals surface area contributed by atoms with Crippen molar-refractivity contribution in [2.75, 3.05) is 42.1 Å². The minimum Gasteiger partial charge on any atom is -0.480 e. The molecule has 20 heteroatoms. The lowest BCUT2D eigenvalue weighted by Crippen LogP contribution is -2.61. The Morgan fingerprint density at radius 3 is 1.76 bits per heavy atom. The first-order chi connectivity index (χ1) is 29.1. The molecule has 1 aliphatic heterocycles. The number of nitrogens with two attached hydrogens (primary N) is 1. The van der Waals surface area contributed by atoms with E-state index in [0.29, 0.717) is 36.5 Å². The monoisotopic (exact) mass is 930 g/mol. The Morgan fingerprint density at radius 2 is 1.23 bits per heavy atom. The van der Waals surface area contributed by atoms with Crippen molar-refractivity contribution in [1.82, 2.24) is 36.8 Å². The fourth-order valence-corrected chi connectivity index (χ4v) is 8.31. The third-order valence-corrected chi connectivity index (χ3v) is 12.8. The molecule has 9 N–H and O–H groups in total. The number of carbonyl (C=O) groups excluding carboxylic acids is 7. The lowest BCUT2D eigenvalue weighted by Gasteiger charge is -2.31. The molecule has 1 saturated heterocycles. The van der Waals surface area contributed by atoms with Gasteiger partial charge >= 0.3 is 5.97 Å². The fraction of sp³-hybridized carbons (Fsp3) is 0.762. The number of hydrogen-bond donors (Lipinski definition) is 8. The van der Waals surface area contributed by atoms with Crippen LogP contribution in [0.1, 0.15) is 94.4 Å². The zero-order valence-corrected chi connectivity index (χ0v) is 40.9. The van der Waals surface area contributed by atoms with Gasteiger partial charge in [0.05, 0.1) is 6.04 Å². The van der Waals surface area contributed by atoms with E-state index in [1.54, 1.807) is 53.3 Å². The lowest BCUT2D eigenvalue weighted by molar-refractivity contribution is -0.143. The van der Waals surface area contributed by atoms with Crippen LogP contribution in [0.5, 0.6) is 0 Å². The van der Waals surface area contributed by atoms with E-state index < -0.39 is 107 Å². The van der Waals surface area contributed by atoms with E-state index in [0.717, 1.165) is 12.0 Å². The SMILES string of the molecule is CC/C(C)=C/CSC[C@H](NC(=O)[C@H](C)NC(=O)[C@@H]1CCCN1C(=O)[C@@H](NC(=O)[C@@H](N)CCSC)C(C)C)C(=O)N[C@H](C(=O)N[C@H](C(=O)N[C@@H](CCSC)C(=O)O)C(C)C)C(C)C. The van der Waals surface area contributed by atoms with Gasteiger partial charge < -0.3 is 47.6 Å². The fourth-order valence-electron chi connectivity index (χ4n) is 6.34. The third-order valence-electron chi connectivity index (χ3n) is 10.5. The highest BCUT2D eigenvalue weighted by Crippen LogP contribution is 2.21. The van der Waals surface area contributed by atoms with Crippen molar-refractivity contribution in [1.29, 1.82) is 0 Å². The van der Waals surface area contributed by atoms with Crippen molar-refractivity contribution < 1.29 is 43.5 Å². The van der Waals surface area contributed by atoms with E-state index in [9.17, 15) is 43.5 Å². The van der Waals surface area contributed by atoms with E-state index in [1.165, 1.54) is 35.3 Å². The number of allylic oxidation sites excluding steroid dienone is 1. The minimum absolute atomic E-state index is 0.121. The van der Waals surface area contributed by atoms with Gasteiger partial charge in [0.25, 0.3) is 0 Å². The maximum atomic E-state index is 14.0. The largest absolute Gasteiger partial charge is 0.480 e. The van der Waals surface area contributed by atoms with Crippen LogP contribution in [0, 0.1) is 17.8 Å². The molecule has 17 nitrogen and oxygen atoms in total. The Morgan fingerprint density at radius 1 is 0.710 bits per heavy atom. The lowest BCUT2D eigenvalue weighted by atomic mass is 9.99. The zero-order valence-electron chi connectivity index (χ0n) is 38.5. The predicted molar refractivity (Wildman–Crippen MR) is 249 cm³/mol. The summed E-state index contributed by atoms with van der Waals surface area (Å²) in [6.45, 7) is 16.2. The standard InChI is InChI=1S/C42H74N8O9S3/c1-12-26(8)15-21-62-22-30(37(53)47-33(24(4)5)40(56)48-32(23(2)3)39(55)45-29(42(58)59)17-20-61-11)46-35(51)27(9)44-38(54)31-14-13-18-50(31)41(57)34(25(6)7)49-36(52)28(43)16-19-60-10/h15,23-25,27-34H,12-14,16-22,43H2,1-11H3,(H,44,54)(H,45,55)(H,46,51)(H,47,53)(H,48,56)(H,49,52)(H,58,59)/b26-15+/t27-,28-,29-,30-,31-,32-,33-,34-/m0/s1. The van der Waals surface area contributed by atoms with E-state index >= 15 is 0 Å². The van der Waals surface area contributed by atoms with Gasteiger partial charge in [0.15, 0.2) is 0 Å². The van der Waals surface area contributed by atoms with Gasteiger partial charge in [0.2, 0.25) is 41.4 Å². The maximum Gasteiger partial charge on any atom is 0.326 e. The van der Waals surface area contributed by atoms with Crippen LogP contribution in [0.3, 0.4) is 0 Å². The molecule has 0 aromatic rings. The Kier molecular flexibility index (Phi) is 26.5. The Labute approximate surface area is 381 Å². The van der Waals surface area contributed by atoms with E-state index in [4.69, 9.17) is 5.73 Å². The molecule has 0 saturated carbocycles. The number of nitrogens with one attached hydrogen (secondary N) is 6. The van der Waals surface area contributed by atoms with E-state index in [2.05, 4.69) is 31.9 Å². The average Bonchev–Trinajstić information content (AvgIpc) is 3.71. The molecule has 62 heavy (non-hydrogen) atoms. The van der Waals surface area contributed by atoms with Crippen molar-refractivity contribution in [2.24, 2.45) is 23.5 Å². The van der Waals surface area contributed by atoms with Crippen molar-refractivity contribution in [2.45, 2.75) is 143 Å². The number of hydrogen-bond acceptors (Lipinski definition) is 12. The van der Waals surface area contributed by atoms with Crippen LogP contribution in [0.15, 0.2) is 11.6 Å². The number of carboxylic acids is 1. The molecule has 0 aliphatic carbocycles. The van der Waals surface area contributed by atoms with E-state index in [-0.39, 0.29) is 24.6 Å². The quantitative estimate of drug-likeness (QED) is 0.0413. The number of carboxylic acid groups (broad SMARTS) is 1. The van der Waals surface area contributed by atoms with Gasteiger partial charge in [0, 0.05) is 18.1 Å². The maximum absolute atomic E-state index is 14.0. The van der Waals surface area contributed by atoms with Crippen LogP contribution < -0.4 is 37.6 Å². The highest BCUT2D eigenvalue weighted by atomic mass is 32.2. The van der Waals surface area contributed by atoms with Crippen LogP contribution in [0.25, 0.3) is 0 Å². The normalized spacial score (nSPS) is 17.6. The number of thioether (sulfide) groups is 3. The Bertz CT molecular complexity index is 1550. The third kappa shape index (κ3) is 19.1. The molecular formula is C42H74N8O9S3. The Hall–Kier alpha value is -3.49. The van der Waals surface area contributed by atoms with Gasteiger partial charge in [-0.25, -0.2) is 4.79 Å². The smallest absolute Gasteiger partial charge is 0.326 e. The average molecular weight is 931 g/mol. The summed E-state index contributed by atoms with van der Waals surface area (Å²) >= 11 is 4.39. The van der Waals surface area contributed by atoms with Gasteiger partial charge in [-0.15, -0.1) is 0 Å². The van der Waals surface area contributed by atoms with Crippen LogP contribution in [0.4, 0.5) is 0 Å². The van der Waals surface area contributed by atoms with E-state index in [1.807, 2.05) is 32.4 Å². The topological polar surface area (TPSA) is 258 Å². The highest BCUT2D eigenvalue weighted by Gasteiger charge is 2.40. The van der Waals surface area contributed by atoms with Crippen LogP contribution >= 0.6 is 35.3 Å². The van der Waals surface area contributed by atoms with Gasteiger partial charge in [-0.3, -0.25) is 33.6 Å².